The number of fused-ring (bicyclic) bond motifs is 1. The number of hydrogen-bond donors (Lipinski definition) is 2. The lowest BCUT2D eigenvalue weighted by Crippen LogP contribution is -2.04. The van der Waals surface area contributed by atoms with Gasteiger partial charge in [-0.1, -0.05) is 54.2 Å². The van der Waals surface area contributed by atoms with Crippen LogP contribution in [0.2, 0.25) is 0 Å². The summed E-state index contributed by atoms with van der Waals surface area (Å²) < 4.78 is 5.06. The number of nitrogens with one attached hydrogen (secondary N) is 2. The molecule has 35 heavy (non-hydrogen) atoms. The number of H-pyrrole nitrogens is 1. The van der Waals surface area contributed by atoms with E-state index in [9.17, 15) is 4.79 Å². The summed E-state index contributed by atoms with van der Waals surface area (Å²) in [6.45, 7) is 2.13. The summed E-state index contributed by atoms with van der Waals surface area (Å²) in [5.74, 6) is 1.81. The van der Waals surface area contributed by atoms with Crippen molar-refractivity contribution in [2.75, 3.05) is 11.9 Å². The van der Waals surface area contributed by atoms with Crippen LogP contribution in [0.3, 0.4) is 0 Å². The van der Waals surface area contributed by atoms with Crippen LogP contribution in [0, 0.1) is 0 Å². The molecule has 0 saturated carbocycles. The van der Waals surface area contributed by atoms with E-state index in [1.165, 1.54) is 11.8 Å². The molecule has 0 aliphatic rings. The summed E-state index contributed by atoms with van der Waals surface area (Å²) in [6.07, 6.45) is 0. The first kappa shape index (κ1) is 22.6. The number of benzene rings is 3. The Morgan fingerprint density at radius 1 is 0.943 bits per heavy atom. The fraction of sp³-hybridized carbons (Fsp3) is 0.111. The molecule has 5 rings (SSSR count). The van der Waals surface area contributed by atoms with Crippen LogP contribution in [0.5, 0.6) is 0 Å². The first-order valence-corrected chi connectivity index (χ1v) is 12.2. The number of imidazole rings is 1. The molecule has 3 aromatic carbocycles. The number of ether oxygens (including phenoxy) is 1. The summed E-state index contributed by atoms with van der Waals surface area (Å²) in [7, 11) is 0. The average Bonchev–Trinajstić information content (AvgIpc) is 3.32. The fourth-order valence-corrected chi connectivity index (χ4v) is 4.30. The van der Waals surface area contributed by atoms with E-state index in [0.29, 0.717) is 28.9 Å². The Morgan fingerprint density at radius 3 is 2.49 bits per heavy atom. The highest BCUT2D eigenvalue weighted by atomic mass is 32.2. The zero-order chi connectivity index (χ0) is 24.0. The van der Waals surface area contributed by atoms with Crippen LogP contribution in [0.25, 0.3) is 22.3 Å². The molecular weight excluding hydrogens is 458 g/mol. The minimum atomic E-state index is -0.336. The number of esters is 1. The minimum absolute atomic E-state index is 0.336. The molecule has 174 valence electrons. The van der Waals surface area contributed by atoms with Gasteiger partial charge in [-0.05, 0) is 43.3 Å². The molecule has 0 fully saturated rings. The van der Waals surface area contributed by atoms with Crippen LogP contribution in [0.1, 0.15) is 23.1 Å². The first-order chi connectivity index (χ1) is 17.2. The van der Waals surface area contributed by atoms with Gasteiger partial charge in [-0.2, -0.15) is 0 Å². The van der Waals surface area contributed by atoms with E-state index < -0.39 is 0 Å². The van der Waals surface area contributed by atoms with Crippen LogP contribution in [0.4, 0.5) is 11.5 Å². The van der Waals surface area contributed by atoms with Gasteiger partial charge in [-0.3, -0.25) is 0 Å². The monoisotopic (exact) mass is 481 g/mol. The van der Waals surface area contributed by atoms with Crippen LogP contribution in [-0.2, 0) is 10.5 Å². The molecule has 0 amide bonds. The van der Waals surface area contributed by atoms with Gasteiger partial charge in [0.05, 0.1) is 34.7 Å². The Morgan fingerprint density at radius 2 is 1.71 bits per heavy atom. The zero-order valence-corrected chi connectivity index (χ0v) is 19.9. The van der Waals surface area contributed by atoms with Crippen molar-refractivity contribution in [3.8, 4) is 11.3 Å². The second-order valence-electron chi connectivity index (χ2n) is 7.70. The Labute approximate surface area is 207 Å². The predicted molar refractivity (Wildman–Crippen MR) is 139 cm³/mol. The highest BCUT2D eigenvalue weighted by Gasteiger charge is 2.11. The molecule has 2 N–H and O–H groups in total. The van der Waals surface area contributed by atoms with E-state index in [4.69, 9.17) is 14.7 Å². The van der Waals surface area contributed by atoms with Gasteiger partial charge in [0.1, 0.15) is 11.6 Å². The maximum absolute atomic E-state index is 11.9. The van der Waals surface area contributed by atoms with Crippen molar-refractivity contribution in [2.45, 2.75) is 17.8 Å². The number of para-hydroxylation sites is 2. The molecule has 0 bridgehead atoms. The molecule has 2 heterocycles. The lowest BCUT2D eigenvalue weighted by molar-refractivity contribution is 0.0526. The molecule has 7 nitrogen and oxygen atoms in total. The SMILES string of the molecule is CCOC(=O)c1ccc(Nc2cc(-c3ccccc3)nc(SCc3nc4ccccc4[nH]3)n2)cc1. The summed E-state index contributed by atoms with van der Waals surface area (Å²) in [5.41, 5.74) is 5.09. The fourth-order valence-electron chi connectivity index (χ4n) is 3.57. The molecule has 0 unspecified atom stereocenters. The van der Waals surface area contributed by atoms with Gasteiger partial charge in [0, 0.05) is 17.3 Å². The minimum Gasteiger partial charge on any atom is -0.462 e. The predicted octanol–water partition coefficient (Wildman–Crippen LogP) is 6.23. The smallest absolute Gasteiger partial charge is 0.338 e. The molecule has 0 saturated heterocycles. The summed E-state index contributed by atoms with van der Waals surface area (Å²) in [6, 6.07) is 27.0. The van der Waals surface area contributed by atoms with Crippen LogP contribution < -0.4 is 5.32 Å². The topological polar surface area (TPSA) is 92.8 Å². The number of carbonyl (C=O) groups is 1. The van der Waals surface area contributed by atoms with E-state index >= 15 is 0 Å². The zero-order valence-electron chi connectivity index (χ0n) is 19.1. The second kappa shape index (κ2) is 10.4. The Bertz CT molecular complexity index is 1420. The van der Waals surface area contributed by atoms with Gasteiger partial charge in [0.25, 0.3) is 0 Å². The number of aromatic amines is 1. The number of aromatic nitrogens is 4. The van der Waals surface area contributed by atoms with Gasteiger partial charge >= 0.3 is 5.97 Å². The van der Waals surface area contributed by atoms with Gasteiger partial charge < -0.3 is 15.0 Å². The highest BCUT2D eigenvalue weighted by Crippen LogP contribution is 2.27. The third-order valence-corrected chi connectivity index (χ3v) is 6.08. The number of thioether (sulfide) groups is 1. The maximum atomic E-state index is 11.9. The van der Waals surface area contributed by atoms with Crippen molar-refractivity contribution in [1.82, 2.24) is 19.9 Å². The number of carbonyl (C=O) groups excluding carboxylic acids is 1. The van der Waals surface area contributed by atoms with Crippen molar-refractivity contribution in [3.05, 3.63) is 96.3 Å². The van der Waals surface area contributed by atoms with E-state index in [-0.39, 0.29) is 5.97 Å². The quantitative estimate of drug-likeness (QED) is 0.154. The maximum Gasteiger partial charge on any atom is 0.338 e. The van der Waals surface area contributed by atoms with E-state index in [0.717, 1.165) is 33.8 Å². The van der Waals surface area contributed by atoms with Gasteiger partial charge in [0.2, 0.25) is 0 Å². The summed E-state index contributed by atoms with van der Waals surface area (Å²) in [4.78, 5) is 29.4. The van der Waals surface area contributed by atoms with Crippen LogP contribution >= 0.6 is 11.8 Å². The normalized spacial score (nSPS) is 10.9. The summed E-state index contributed by atoms with van der Waals surface area (Å²) >= 11 is 1.52. The van der Waals surface area contributed by atoms with Crippen LogP contribution in [-0.4, -0.2) is 32.5 Å². The highest BCUT2D eigenvalue weighted by molar-refractivity contribution is 7.98. The molecular formula is C27H23N5O2S. The van der Waals surface area contributed by atoms with Crippen molar-refractivity contribution >= 4 is 40.3 Å². The molecule has 0 spiro atoms. The summed E-state index contributed by atoms with van der Waals surface area (Å²) in [5, 5.41) is 3.97. The van der Waals surface area contributed by atoms with E-state index in [1.54, 1.807) is 19.1 Å². The number of nitrogens with zero attached hydrogens (tertiary/aromatic N) is 3. The molecule has 0 aliphatic carbocycles. The first-order valence-electron chi connectivity index (χ1n) is 11.2. The number of anilines is 2. The van der Waals surface area contributed by atoms with Gasteiger partial charge in [0.15, 0.2) is 5.16 Å². The second-order valence-corrected chi connectivity index (χ2v) is 8.64. The molecule has 0 radical (unpaired) electrons. The molecule has 8 heteroatoms. The number of rotatable bonds is 8. The Hall–Kier alpha value is -4.17. The van der Waals surface area contributed by atoms with Crippen molar-refractivity contribution < 1.29 is 9.53 Å². The molecule has 5 aromatic rings. The Kier molecular flexibility index (Phi) is 6.72. The third-order valence-electron chi connectivity index (χ3n) is 5.22. The van der Waals surface area contributed by atoms with Crippen LogP contribution in [0.15, 0.2) is 90.1 Å². The lowest BCUT2D eigenvalue weighted by atomic mass is 10.1. The molecule has 0 aliphatic heterocycles. The van der Waals surface area contributed by atoms with Crippen molar-refractivity contribution in [1.29, 1.82) is 0 Å². The van der Waals surface area contributed by atoms with E-state index in [1.807, 2.05) is 72.8 Å². The van der Waals surface area contributed by atoms with Gasteiger partial charge in [-0.15, -0.1) is 0 Å². The average molecular weight is 482 g/mol. The molecule has 0 atom stereocenters. The van der Waals surface area contributed by atoms with E-state index in [2.05, 4.69) is 15.3 Å². The largest absolute Gasteiger partial charge is 0.462 e. The third kappa shape index (κ3) is 5.50. The van der Waals surface area contributed by atoms with Crippen molar-refractivity contribution in [3.63, 3.8) is 0 Å². The van der Waals surface area contributed by atoms with Crippen molar-refractivity contribution in [2.24, 2.45) is 0 Å². The lowest BCUT2D eigenvalue weighted by Gasteiger charge is -2.10. The van der Waals surface area contributed by atoms with Gasteiger partial charge in [-0.25, -0.2) is 19.7 Å². The molecule has 2 aromatic heterocycles. The Balaban J connectivity index is 1.39. The standard InChI is InChI=1S/C27H23N5O2S/c1-2-34-26(33)19-12-14-20(15-13-19)28-24-16-23(18-8-4-3-5-9-18)31-27(32-24)35-17-25-29-21-10-6-7-11-22(21)30-25/h3-16H,2,17H2,1H3,(H,29,30)(H,28,31,32). The number of hydrogen-bond acceptors (Lipinski definition) is 7.